The van der Waals surface area contributed by atoms with Crippen LogP contribution in [0.2, 0.25) is 0 Å². The third kappa shape index (κ3) is 2.46. The smallest absolute Gasteiger partial charge is 0.309 e. The summed E-state index contributed by atoms with van der Waals surface area (Å²) < 4.78 is 4.80. The summed E-state index contributed by atoms with van der Waals surface area (Å²) in [6.07, 6.45) is 2.74. The summed E-state index contributed by atoms with van der Waals surface area (Å²) in [5.74, 6) is -0.305. The van der Waals surface area contributed by atoms with Crippen molar-refractivity contribution in [2.45, 2.75) is 13.8 Å². The first-order valence-electron chi connectivity index (χ1n) is 6.32. The van der Waals surface area contributed by atoms with E-state index in [2.05, 4.69) is 0 Å². The van der Waals surface area contributed by atoms with Gasteiger partial charge < -0.3 is 4.74 Å². The van der Waals surface area contributed by atoms with E-state index < -0.39 is 0 Å². The molecule has 0 heterocycles. The van der Waals surface area contributed by atoms with Crippen LogP contribution in [0.1, 0.15) is 19.4 Å². The van der Waals surface area contributed by atoms with Gasteiger partial charge in [0.25, 0.3) is 0 Å². The molecule has 1 aromatic carbocycles. The Hall–Kier alpha value is -1.90. The van der Waals surface area contributed by atoms with Crippen LogP contribution in [-0.2, 0) is 14.3 Å². The molecule has 0 radical (unpaired) electrons. The number of carbonyl (C=O) groups excluding carboxylic acids is 2. The number of hydrogen-bond acceptors (Lipinski definition) is 3. The Kier molecular flexibility index (Phi) is 3.56. The molecule has 0 amide bonds. The van der Waals surface area contributed by atoms with E-state index in [1.807, 2.05) is 50.3 Å². The standard InChI is InChI=1S/C16H18O3/c1-16(2)13(14(16)15(18)19-3)9-12(10-17)11-7-5-4-6-8-11/h4-10,13-14H,1-3H3/b12-9-. The van der Waals surface area contributed by atoms with E-state index in [1.54, 1.807) is 0 Å². The highest BCUT2D eigenvalue weighted by Crippen LogP contribution is 2.60. The minimum Gasteiger partial charge on any atom is -0.469 e. The molecule has 1 fully saturated rings. The van der Waals surface area contributed by atoms with Crippen molar-refractivity contribution >= 4 is 17.8 Å². The van der Waals surface area contributed by atoms with Gasteiger partial charge in [-0.1, -0.05) is 50.3 Å². The van der Waals surface area contributed by atoms with Gasteiger partial charge in [-0.15, -0.1) is 0 Å². The molecule has 2 unspecified atom stereocenters. The van der Waals surface area contributed by atoms with Crippen molar-refractivity contribution in [3.63, 3.8) is 0 Å². The first kappa shape index (κ1) is 13.5. The topological polar surface area (TPSA) is 43.4 Å². The molecular formula is C16H18O3. The first-order valence-corrected chi connectivity index (χ1v) is 6.32. The fourth-order valence-corrected chi connectivity index (χ4v) is 2.59. The van der Waals surface area contributed by atoms with Gasteiger partial charge in [0.1, 0.15) is 6.29 Å². The second kappa shape index (κ2) is 5.00. The number of rotatable bonds is 4. The van der Waals surface area contributed by atoms with Gasteiger partial charge in [0.2, 0.25) is 0 Å². The summed E-state index contributed by atoms with van der Waals surface area (Å²) in [5.41, 5.74) is 1.37. The number of allylic oxidation sites excluding steroid dienone is 2. The predicted molar refractivity (Wildman–Crippen MR) is 73.3 cm³/mol. The fourth-order valence-electron chi connectivity index (χ4n) is 2.59. The van der Waals surface area contributed by atoms with Crippen LogP contribution in [0.5, 0.6) is 0 Å². The molecule has 0 saturated heterocycles. The molecule has 1 aromatic rings. The van der Waals surface area contributed by atoms with Gasteiger partial charge in [-0.25, -0.2) is 0 Å². The zero-order valence-electron chi connectivity index (χ0n) is 11.4. The highest BCUT2D eigenvalue weighted by atomic mass is 16.5. The van der Waals surface area contributed by atoms with Crippen LogP contribution in [0.15, 0.2) is 36.4 Å². The minimum atomic E-state index is -0.204. The molecule has 2 atom stereocenters. The Morgan fingerprint density at radius 3 is 2.42 bits per heavy atom. The van der Waals surface area contributed by atoms with Gasteiger partial charge in [-0.05, 0) is 16.9 Å². The molecule has 3 heteroatoms. The van der Waals surface area contributed by atoms with E-state index in [0.717, 1.165) is 11.8 Å². The fraction of sp³-hybridized carbons (Fsp3) is 0.375. The highest BCUT2D eigenvalue weighted by Gasteiger charge is 2.61. The molecular weight excluding hydrogens is 240 g/mol. The van der Waals surface area contributed by atoms with E-state index in [1.165, 1.54) is 7.11 Å². The molecule has 0 aromatic heterocycles. The summed E-state index contributed by atoms with van der Waals surface area (Å²) in [6.45, 7) is 4.03. The molecule has 0 N–H and O–H groups in total. The Morgan fingerprint density at radius 2 is 1.89 bits per heavy atom. The quantitative estimate of drug-likeness (QED) is 0.474. The number of aldehydes is 1. The lowest BCUT2D eigenvalue weighted by atomic mass is 10.0. The maximum Gasteiger partial charge on any atom is 0.309 e. The Morgan fingerprint density at radius 1 is 1.26 bits per heavy atom. The first-order chi connectivity index (χ1) is 9.02. The summed E-state index contributed by atoms with van der Waals surface area (Å²) >= 11 is 0. The summed E-state index contributed by atoms with van der Waals surface area (Å²) in [5, 5.41) is 0. The SMILES string of the molecule is COC(=O)C1C(/C=C(/C=O)c2ccccc2)C1(C)C. The average Bonchev–Trinajstić information content (AvgIpc) is 2.97. The predicted octanol–water partition coefficient (Wildman–Crippen LogP) is 2.71. The molecule has 2 rings (SSSR count). The second-order valence-corrected chi connectivity index (χ2v) is 5.45. The normalized spacial score (nSPS) is 24.7. The lowest BCUT2D eigenvalue weighted by Crippen LogP contribution is -2.07. The van der Waals surface area contributed by atoms with E-state index in [0.29, 0.717) is 5.57 Å². The van der Waals surface area contributed by atoms with E-state index in [4.69, 9.17) is 4.74 Å². The molecule has 0 spiro atoms. The van der Waals surface area contributed by atoms with E-state index >= 15 is 0 Å². The molecule has 19 heavy (non-hydrogen) atoms. The Bertz CT molecular complexity index is 514. The lowest BCUT2D eigenvalue weighted by Gasteiger charge is -2.01. The summed E-state index contributed by atoms with van der Waals surface area (Å²) in [6, 6.07) is 9.47. The van der Waals surface area contributed by atoms with Crippen molar-refractivity contribution in [3.05, 3.63) is 42.0 Å². The van der Waals surface area contributed by atoms with Crippen molar-refractivity contribution in [1.29, 1.82) is 0 Å². The molecule has 0 aliphatic heterocycles. The Labute approximate surface area is 113 Å². The van der Waals surface area contributed by atoms with Crippen LogP contribution in [0, 0.1) is 17.3 Å². The average molecular weight is 258 g/mol. The van der Waals surface area contributed by atoms with Crippen molar-refractivity contribution in [2.24, 2.45) is 17.3 Å². The highest BCUT2D eigenvalue weighted by molar-refractivity contribution is 6.07. The summed E-state index contributed by atoms with van der Waals surface area (Å²) in [7, 11) is 1.40. The van der Waals surface area contributed by atoms with E-state index in [-0.39, 0.29) is 23.2 Å². The second-order valence-electron chi connectivity index (χ2n) is 5.45. The van der Waals surface area contributed by atoms with Crippen LogP contribution in [-0.4, -0.2) is 19.4 Å². The van der Waals surface area contributed by atoms with Crippen molar-refractivity contribution < 1.29 is 14.3 Å². The van der Waals surface area contributed by atoms with Gasteiger partial charge >= 0.3 is 5.97 Å². The van der Waals surface area contributed by atoms with Crippen LogP contribution in [0.25, 0.3) is 5.57 Å². The van der Waals surface area contributed by atoms with Gasteiger partial charge in [-0.3, -0.25) is 9.59 Å². The van der Waals surface area contributed by atoms with Crippen molar-refractivity contribution in [3.8, 4) is 0 Å². The van der Waals surface area contributed by atoms with Crippen molar-refractivity contribution in [1.82, 2.24) is 0 Å². The lowest BCUT2D eigenvalue weighted by molar-refractivity contribution is -0.143. The van der Waals surface area contributed by atoms with E-state index in [9.17, 15) is 9.59 Å². The summed E-state index contributed by atoms with van der Waals surface area (Å²) in [4.78, 5) is 22.9. The van der Waals surface area contributed by atoms with Gasteiger partial charge in [0, 0.05) is 5.57 Å². The van der Waals surface area contributed by atoms with Crippen LogP contribution < -0.4 is 0 Å². The maximum absolute atomic E-state index is 11.7. The largest absolute Gasteiger partial charge is 0.469 e. The third-order valence-electron chi connectivity index (χ3n) is 3.96. The molecule has 100 valence electrons. The van der Waals surface area contributed by atoms with Crippen molar-refractivity contribution in [2.75, 3.05) is 7.11 Å². The number of carbonyl (C=O) groups is 2. The number of methoxy groups -OCH3 is 1. The number of hydrogen-bond donors (Lipinski definition) is 0. The Balaban J connectivity index is 2.26. The number of ether oxygens (including phenoxy) is 1. The molecule has 1 aliphatic rings. The van der Waals surface area contributed by atoms with Crippen LogP contribution >= 0.6 is 0 Å². The maximum atomic E-state index is 11.7. The number of esters is 1. The van der Waals surface area contributed by atoms with Crippen LogP contribution in [0.3, 0.4) is 0 Å². The minimum absolute atomic E-state index is 0.0559. The monoisotopic (exact) mass is 258 g/mol. The zero-order valence-corrected chi connectivity index (χ0v) is 11.4. The van der Waals surface area contributed by atoms with Crippen LogP contribution in [0.4, 0.5) is 0 Å². The third-order valence-corrected chi connectivity index (χ3v) is 3.96. The molecule has 1 saturated carbocycles. The molecule has 1 aliphatic carbocycles. The van der Waals surface area contributed by atoms with Gasteiger partial charge in [0.15, 0.2) is 0 Å². The zero-order chi connectivity index (χ0) is 14.0. The molecule has 3 nitrogen and oxygen atoms in total. The number of benzene rings is 1. The van der Waals surface area contributed by atoms with Gasteiger partial charge in [-0.2, -0.15) is 0 Å². The van der Waals surface area contributed by atoms with Gasteiger partial charge in [0.05, 0.1) is 13.0 Å². The molecule has 0 bridgehead atoms.